The lowest BCUT2D eigenvalue weighted by atomic mass is 10.3. The lowest BCUT2D eigenvalue weighted by Crippen LogP contribution is -2.20. The molecule has 8 heteroatoms. The van der Waals surface area contributed by atoms with Crippen molar-refractivity contribution in [3.63, 3.8) is 0 Å². The highest BCUT2D eigenvalue weighted by molar-refractivity contribution is 7.93. The van der Waals surface area contributed by atoms with Gasteiger partial charge >= 0.3 is 7.60 Å². The van der Waals surface area contributed by atoms with Crippen molar-refractivity contribution in [2.45, 2.75) is 31.2 Å². The minimum atomic E-state index is -4.77. The second-order valence-corrected chi connectivity index (χ2v) is 6.45. The van der Waals surface area contributed by atoms with Crippen molar-refractivity contribution < 1.29 is 27.3 Å². The topological polar surface area (TPSA) is 112 Å². The monoisotopic (exact) mass is 232 g/mol. The molecule has 0 aromatic heterocycles. The molecule has 1 unspecified atom stereocenters. The van der Waals surface area contributed by atoms with Crippen LogP contribution < -0.4 is 0 Å². The van der Waals surface area contributed by atoms with Crippen molar-refractivity contribution in [2.75, 3.05) is 0 Å². The van der Waals surface area contributed by atoms with Gasteiger partial charge in [-0.3, -0.25) is 9.12 Å². The van der Waals surface area contributed by atoms with E-state index >= 15 is 0 Å². The fourth-order valence-electron chi connectivity index (χ4n) is 0.869. The van der Waals surface area contributed by atoms with E-state index in [1.165, 1.54) is 0 Å². The van der Waals surface area contributed by atoms with Gasteiger partial charge in [-0.05, 0) is 6.42 Å². The Morgan fingerprint density at radius 3 is 2.08 bits per heavy atom. The van der Waals surface area contributed by atoms with Gasteiger partial charge in [0.2, 0.25) is 0 Å². The third-order valence-electron chi connectivity index (χ3n) is 1.52. The highest BCUT2D eigenvalue weighted by Gasteiger charge is 2.38. The number of rotatable bonds is 5. The summed E-state index contributed by atoms with van der Waals surface area (Å²) in [6.45, 7) is 1.75. The van der Waals surface area contributed by atoms with E-state index in [-0.39, 0.29) is 6.42 Å². The molecule has 0 rings (SSSR count). The Morgan fingerprint density at radius 2 is 1.85 bits per heavy atom. The van der Waals surface area contributed by atoms with Gasteiger partial charge in [0, 0.05) is 0 Å². The second kappa shape index (κ2) is 4.52. The molecule has 0 spiro atoms. The molecule has 3 N–H and O–H groups in total. The summed E-state index contributed by atoms with van der Waals surface area (Å²) in [7, 11) is -9.42. The second-order valence-electron chi connectivity index (χ2n) is 2.70. The van der Waals surface area contributed by atoms with Crippen molar-refractivity contribution in [3.05, 3.63) is 0 Å². The summed E-state index contributed by atoms with van der Waals surface area (Å²) in [5, 5.41) is 0. The van der Waals surface area contributed by atoms with Crippen LogP contribution in [0.4, 0.5) is 0 Å². The summed E-state index contributed by atoms with van der Waals surface area (Å²) in [6, 6.07) is 0. The molecule has 0 fully saturated rings. The van der Waals surface area contributed by atoms with Crippen molar-refractivity contribution in [3.8, 4) is 0 Å². The molecule has 0 aromatic carbocycles. The van der Waals surface area contributed by atoms with E-state index in [0.29, 0.717) is 12.8 Å². The summed E-state index contributed by atoms with van der Waals surface area (Å²) >= 11 is 0. The molecular weight excluding hydrogens is 219 g/mol. The van der Waals surface area contributed by atoms with Crippen LogP contribution in [-0.4, -0.2) is 27.7 Å². The quantitative estimate of drug-likeness (QED) is 0.472. The molecule has 0 heterocycles. The highest BCUT2D eigenvalue weighted by Crippen LogP contribution is 2.46. The van der Waals surface area contributed by atoms with Gasteiger partial charge in [0.15, 0.2) is 4.99 Å². The maximum atomic E-state index is 10.6. The van der Waals surface area contributed by atoms with E-state index in [4.69, 9.17) is 14.3 Å². The zero-order valence-electron chi connectivity index (χ0n) is 7.12. The van der Waals surface area contributed by atoms with Crippen LogP contribution in [0.2, 0.25) is 0 Å². The zero-order valence-corrected chi connectivity index (χ0v) is 8.83. The van der Waals surface area contributed by atoms with Crippen LogP contribution in [0.25, 0.3) is 0 Å². The van der Waals surface area contributed by atoms with E-state index in [1.54, 1.807) is 6.92 Å². The molecule has 0 saturated heterocycles. The van der Waals surface area contributed by atoms with Crippen LogP contribution in [0.15, 0.2) is 0 Å². The van der Waals surface area contributed by atoms with Crippen LogP contribution in [0.3, 0.4) is 0 Å². The lowest BCUT2D eigenvalue weighted by Gasteiger charge is -2.14. The third kappa shape index (κ3) is 4.73. The Balaban J connectivity index is 4.69. The van der Waals surface area contributed by atoms with E-state index < -0.39 is 22.7 Å². The van der Waals surface area contributed by atoms with Crippen LogP contribution in [0, 0.1) is 0 Å². The lowest BCUT2D eigenvalue weighted by molar-refractivity contribution is 0.360. The Morgan fingerprint density at radius 1 is 1.38 bits per heavy atom. The van der Waals surface area contributed by atoms with Crippen molar-refractivity contribution >= 4 is 17.7 Å². The van der Waals surface area contributed by atoms with Crippen LogP contribution in [0.5, 0.6) is 0 Å². The van der Waals surface area contributed by atoms with Crippen LogP contribution in [0.1, 0.15) is 26.2 Å². The van der Waals surface area contributed by atoms with Crippen molar-refractivity contribution in [2.24, 2.45) is 0 Å². The first-order valence-electron chi connectivity index (χ1n) is 3.71. The normalized spacial score (nSPS) is 15.7. The predicted octanol–water partition coefficient (Wildman–Crippen LogP) is 0.568. The standard InChI is InChI=1S/C5H13O6PS/c1-2-3-4-5(12(6,7)8)13(9,10)11/h5H,2-4H2,1H3,(H2,6,7,8)(H,9,10,11). The Bertz CT molecular complexity index is 290. The van der Waals surface area contributed by atoms with Gasteiger partial charge in [-0.15, -0.1) is 0 Å². The van der Waals surface area contributed by atoms with E-state index in [0.717, 1.165) is 0 Å². The summed E-state index contributed by atoms with van der Waals surface area (Å²) in [6.07, 6.45) is 0.723. The predicted molar refractivity (Wildman–Crippen MR) is 46.9 cm³/mol. The average Bonchev–Trinajstić information content (AvgIpc) is 1.81. The molecule has 0 radical (unpaired) electrons. The van der Waals surface area contributed by atoms with Gasteiger partial charge in [0.1, 0.15) is 0 Å². The van der Waals surface area contributed by atoms with Gasteiger partial charge in [-0.1, -0.05) is 19.8 Å². The molecule has 0 bridgehead atoms. The van der Waals surface area contributed by atoms with Gasteiger partial charge in [-0.25, -0.2) is 0 Å². The van der Waals surface area contributed by atoms with E-state index in [2.05, 4.69) is 0 Å². The molecule has 0 amide bonds. The molecule has 80 valence electrons. The summed E-state index contributed by atoms with van der Waals surface area (Å²) in [4.78, 5) is 15.3. The highest BCUT2D eigenvalue weighted by atomic mass is 32.2. The Labute approximate surface area is 76.9 Å². The first kappa shape index (κ1) is 13.1. The van der Waals surface area contributed by atoms with E-state index in [1.807, 2.05) is 0 Å². The molecule has 0 aliphatic heterocycles. The smallest absolute Gasteiger partial charge is 0.323 e. The van der Waals surface area contributed by atoms with Gasteiger partial charge in [-0.2, -0.15) is 8.42 Å². The SMILES string of the molecule is CCCCC(P(=O)(O)O)S(=O)(=O)O. The van der Waals surface area contributed by atoms with Gasteiger partial charge < -0.3 is 9.79 Å². The average molecular weight is 232 g/mol. The number of hydrogen-bond acceptors (Lipinski definition) is 3. The molecule has 1 atom stereocenters. The number of hydrogen-bond donors (Lipinski definition) is 3. The van der Waals surface area contributed by atoms with Crippen LogP contribution in [-0.2, 0) is 14.7 Å². The van der Waals surface area contributed by atoms with Gasteiger partial charge in [0.25, 0.3) is 10.1 Å². The molecule has 0 aliphatic rings. The van der Waals surface area contributed by atoms with E-state index in [9.17, 15) is 13.0 Å². The first-order chi connectivity index (χ1) is 5.69. The first-order valence-corrected chi connectivity index (χ1v) is 6.89. The molecule has 0 aliphatic carbocycles. The fourth-order valence-corrected chi connectivity index (χ4v) is 3.24. The summed E-state index contributed by atoms with van der Waals surface area (Å²) < 4.78 is 40.3. The molecule has 0 saturated carbocycles. The molecule has 13 heavy (non-hydrogen) atoms. The summed E-state index contributed by atoms with van der Waals surface area (Å²) in [5.41, 5.74) is 0. The maximum Gasteiger partial charge on any atom is 0.346 e. The van der Waals surface area contributed by atoms with Gasteiger partial charge in [0.05, 0.1) is 0 Å². The Hall–Kier alpha value is 0.0600. The zero-order chi connectivity index (χ0) is 10.7. The van der Waals surface area contributed by atoms with Crippen LogP contribution >= 0.6 is 7.60 Å². The minimum Gasteiger partial charge on any atom is -0.323 e. The van der Waals surface area contributed by atoms with Crippen molar-refractivity contribution in [1.82, 2.24) is 0 Å². The maximum absolute atomic E-state index is 10.6. The largest absolute Gasteiger partial charge is 0.346 e. The molecule has 6 nitrogen and oxygen atoms in total. The Kier molecular flexibility index (Phi) is 4.54. The summed E-state index contributed by atoms with van der Waals surface area (Å²) in [5.74, 6) is 0. The fraction of sp³-hybridized carbons (Fsp3) is 1.00. The molecular formula is C5H13O6PS. The number of unbranched alkanes of at least 4 members (excludes halogenated alkanes) is 1. The minimum absolute atomic E-state index is 0.223. The van der Waals surface area contributed by atoms with Crippen molar-refractivity contribution in [1.29, 1.82) is 0 Å². The third-order valence-corrected chi connectivity index (χ3v) is 5.08. The molecule has 0 aromatic rings.